The first-order chi connectivity index (χ1) is 14.8. The number of hydrogen-bond acceptors (Lipinski definition) is 5. The van der Waals surface area contributed by atoms with Gasteiger partial charge in [0, 0.05) is 36.0 Å². The fourth-order valence-corrected chi connectivity index (χ4v) is 3.16. The molecule has 0 aliphatic carbocycles. The van der Waals surface area contributed by atoms with Crippen molar-refractivity contribution < 1.29 is 27.2 Å². The van der Waals surface area contributed by atoms with Crippen molar-refractivity contribution in [2.75, 3.05) is 10.6 Å². The number of urea groups is 1. The number of rotatable bonds is 4. The average molecular weight is 431 g/mol. The normalized spacial score (nSPS) is 18.8. The maximum Gasteiger partial charge on any atom is 0.323 e. The third kappa shape index (κ3) is 3.89. The predicted molar refractivity (Wildman–Crippen MR) is 105 cm³/mol. The summed E-state index contributed by atoms with van der Waals surface area (Å²) in [5.41, 5.74) is -2.03. The Labute approximate surface area is 172 Å². The Kier molecular flexibility index (Phi) is 5.24. The number of nitrogens with zero attached hydrogens (tertiary/aromatic N) is 2. The van der Waals surface area contributed by atoms with Gasteiger partial charge in [-0.05, 0) is 18.2 Å². The SMILES string of the molecule is O=C(Nc1cccc(F)c1)Nc1cc(F)c(F)c(C(=O)C2=CNC3N=CC=NC23)c1F. The largest absolute Gasteiger partial charge is 0.367 e. The monoisotopic (exact) mass is 431 g/mol. The topological polar surface area (TPSA) is 95.0 Å². The molecule has 4 rings (SSSR count). The van der Waals surface area contributed by atoms with Gasteiger partial charge in [0.05, 0.1) is 11.3 Å². The van der Waals surface area contributed by atoms with Gasteiger partial charge in [0.2, 0.25) is 0 Å². The van der Waals surface area contributed by atoms with Crippen LogP contribution >= 0.6 is 0 Å². The lowest BCUT2D eigenvalue weighted by Crippen LogP contribution is -2.32. The predicted octanol–water partition coefficient (Wildman–Crippen LogP) is 3.41. The molecule has 2 unspecified atom stereocenters. The van der Waals surface area contributed by atoms with Gasteiger partial charge in [-0.25, -0.2) is 22.4 Å². The Morgan fingerprint density at radius 3 is 2.52 bits per heavy atom. The van der Waals surface area contributed by atoms with Crippen LogP contribution in [-0.4, -0.2) is 36.5 Å². The van der Waals surface area contributed by atoms with Gasteiger partial charge in [-0.2, -0.15) is 0 Å². The van der Waals surface area contributed by atoms with E-state index in [1.807, 2.05) is 5.32 Å². The number of aliphatic imine (C=N–C) groups is 2. The minimum Gasteiger partial charge on any atom is -0.367 e. The molecule has 2 heterocycles. The Morgan fingerprint density at radius 2 is 1.74 bits per heavy atom. The lowest BCUT2D eigenvalue weighted by atomic mass is 9.97. The molecular formula is C20H13F4N5O2. The summed E-state index contributed by atoms with van der Waals surface area (Å²) in [6.45, 7) is 0. The highest BCUT2D eigenvalue weighted by atomic mass is 19.2. The number of nitrogens with one attached hydrogen (secondary N) is 3. The fraction of sp³-hybridized carbons (Fsp3) is 0.100. The second kappa shape index (κ2) is 8.01. The number of carbonyl (C=O) groups excluding carboxylic acids is 2. The molecule has 2 amide bonds. The summed E-state index contributed by atoms with van der Waals surface area (Å²) < 4.78 is 56.7. The first kappa shape index (κ1) is 20.3. The zero-order valence-electron chi connectivity index (χ0n) is 15.5. The van der Waals surface area contributed by atoms with E-state index in [-0.39, 0.29) is 11.3 Å². The van der Waals surface area contributed by atoms with E-state index in [9.17, 15) is 27.2 Å². The van der Waals surface area contributed by atoms with Gasteiger partial charge in [-0.15, -0.1) is 0 Å². The van der Waals surface area contributed by atoms with Gasteiger partial charge in [0.1, 0.15) is 18.0 Å². The van der Waals surface area contributed by atoms with Crippen molar-refractivity contribution in [2.24, 2.45) is 9.98 Å². The number of amides is 2. The summed E-state index contributed by atoms with van der Waals surface area (Å²) in [5.74, 6) is -6.48. The molecule has 3 N–H and O–H groups in total. The summed E-state index contributed by atoms with van der Waals surface area (Å²) >= 11 is 0. The molecule has 31 heavy (non-hydrogen) atoms. The van der Waals surface area contributed by atoms with Crippen molar-refractivity contribution in [3.05, 3.63) is 70.9 Å². The first-order valence-corrected chi connectivity index (χ1v) is 8.92. The van der Waals surface area contributed by atoms with E-state index in [0.29, 0.717) is 6.07 Å². The van der Waals surface area contributed by atoms with E-state index in [1.165, 1.54) is 30.8 Å². The molecule has 0 saturated heterocycles. The molecule has 7 nitrogen and oxygen atoms in total. The van der Waals surface area contributed by atoms with Gasteiger partial charge in [0.25, 0.3) is 0 Å². The highest BCUT2D eigenvalue weighted by Crippen LogP contribution is 2.30. The molecule has 2 atom stereocenters. The third-order valence-corrected chi connectivity index (χ3v) is 4.56. The zero-order valence-corrected chi connectivity index (χ0v) is 15.5. The number of anilines is 2. The molecule has 0 fully saturated rings. The zero-order chi connectivity index (χ0) is 22.1. The van der Waals surface area contributed by atoms with Gasteiger partial charge in [0.15, 0.2) is 23.2 Å². The molecule has 158 valence electrons. The highest BCUT2D eigenvalue weighted by Gasteiger charge is 2.37. The van der Waals surface area contributed by atoms with Crippen LogP contribution in [0.5, 0.6) is 0 Å². The summed E-state index contributed by atoms with van der Waals surface area (Å²) in [7, 11) is 0. The van der Waals surface area contributed by atoms with Crippen molar-refractivity contribution in [1.29, 1.82) is 0 Å². The molecule has 2 aliphatic rings. The molecular weight excluding hydrogens is 418 g/mol. The minimum absolute atomic E-state index is 0.0423. The molecule has 0 spiro atoms. The quantitative estimate of drug-likeness (QED) is 0.393. The van der Waals surface area contributed by atoms with E-state index >= 15 is 0 Å². The molecule has 0 aromatic heterocycles. The van der Waals surface area contributed by atoms with Crippen molar-refractivity contribution in [3.8, 4) is 0 Å². The number of hydrogen-bond donors (Lipinski definition) is 3. The number of benzene rings is 2. The smallest absolute Gasteiger partial charge is 0.323 e. The van der Waals surface area contributed by atoms with Crippen LogP contribution in [0.2, 0.25) is 0 Å². The first-order valence-electron chi connectivity index (χ1n) is 8.92. The van der Waals surface area contributed by atoms with Gasteiger partial charge >= 0.3 is 6.03 Å². The number of fused-ring (bicyclic) bond motifs is 1. The summed E-state index contributed by atoms with van der Waals surface area (Å²) in [6.07, 6.45) is 3.33. The lowest BCUT2D eigenvalue weighted by molar-refractivity contribution is 0.102. The van der Waals surface area contributed by atoms with Crippen molar-refractivity contribution >= 4 is 35.6 Å². The number of ketones is 1. The van der Waals surface area contributed by atoms with Crippen LogP contribution in [0.3, 0.4) is 0 Å². The van der Waals surface area contributed by atoms with Crippen molar-refractivity contribution in [2.45, 2.75) is 12.2 Å². The molecule has 2 aromatic rings. The van der Waals surface area contributed by atoms with Gasteiger partial charge < -0.3 is 16.0 Å². The number of Topliss-reactive ketones (excluding diaryl/α,β-unsaturated/α-hetero) is 1. The summed E-state index contributed by atoms with van der Waals surface area (Å²) in [6, 6.07) is 3.36. The third-order valence-electron chi connectivity index (χ3n) is 4.56. The van der Waals surface area contributed by atoms with Crippen LogP contribution in [0.4, 0.5) is 33.7 Å². The standard InChI is InChI=1S/C20H13F4N5O2/c21-9-2-1-3-10(6-9)28-20(31)29-13-7-12(22)15(23)14(16(13)24)18(30)11-8-27-19-17(11)25-4-5-26-19/h1-8,17,19,27H,(H2,28,29,31). The van der Waals surface area contributed by atoms with Gasteiger partial charge in [-0.3, -0.25) is 14.8 Å². The van der Waals surface area contributed by atoms with Crippen LogP contribution in [-0.2, 0) is 0 Å². The second-order valence-corrected chi connectivity index (χ2v) is 6.58. The summed E-state index contributed by atoms with van der Waals surface area (Å²) in [4.78, 5) is 33.0. The van der Waals surface area contributed by atoms with E-state index < -0.39 is 58.5 Å². The molecule has 0 radical (unpaired) electrons. The maximum absolute atomic E-state index is 15.0. The molecule has 2 aromatic carbocycles. The fourth-order valence-electron chi connectivity index (χ4n) is 3.16. The average Bonchev–Trinajstić information content (AvgIpc) is 3.16. The Balaban J connectivity index is 1.61. The van der Waals surface area contributed by atoms with Crippen LogP contribution in [0.25, 0.3) is 0 Å². The Morgan fingerprint density at radius 1 is 0.968 bits per heavy atom. The molecule has 0 bridgehead atoms. The van der Waals surface area contributed by atoms with Crippen LogP contribution in [0.1, 0.15) is 10.4 Å². The van der Waals surface area contributed by atoms with E-state index in [2.05, 4.69) is 20.6 Å². The van der Waals surface area contributed by atoms with Crippen LogP contribution in [0, 0.1) is 23.3 Å². The molecule has 11 heteroatoms. The van der Waals surface area contributed by atoms with Gasteiger partial charge in [-0.1, -0.05) is 6.07 Å². The number of carbonyl (C=O) groups is 2. The van der Waals surface area contributed by atoms with Crippen molar-refractivity contribution in [3.63, 3.8) is 0 Å². The van der Waals surface area contributed by atoms with Crippen LogP contribution < -0.4 is 16.0 Å². The van der Waals surface area contributed by atoms with Crippen molar-refractivity contribution in [1.82, 2.24) is 5.32 Å². The Hall–Kier alpha value is -4.02. The lowest BCUT2D eigenvalue weighted by Gasteiger charge is -2.18. The number of halogens is 4. The van der Waals surface area contributed by atoms with E-state index in [4.69, 9.17) is 0 Å². The summed E-state index contributed by atoms with van der Waals surface area (Å²) in [5, 5.41) is 6.96. The highest BCUT2D eigenvalue weighted by molar-refractivity contribution is 6.18. The molecule has 2 aliphatic heterocycles. The maximum atomic E-state index is 15.0. The molecule has 0 saturated carbocycles. The minimum atomic E-state index is -1.70. The van der Waals surface area contributed by atoms with E-state index in [1.54, 1.807) is 0 Å². The Bertz CT molecular complexity index is 1180. The second-order valence-electron chi connectivity index (χ2n) is 6.58. The van der Waals surface area contributed by atoms with E-state index in [0.717, 1.165) is 12.1 Å². The van der Waals surface area contributed by atoms with Crippen LogP contribution in [0.15, 0.2) is 52.1 Å².